The van der Waals surface area contributed by atoms with Crippen molar-refractivity contribution in [1.82, 2.24) is 0 Å². The molecule has 1 rings (SSSR count). The predicted molar refractivity (Wildman–Crippen MR) is 71.0 cm³/mol. The molecule has 0 aliphatic heterocycles. The van der Waals surface area contributed by atoms with E-state index in [0.29, 0.717) is 5.57 Å². The molecular formula is C15H24O2. The van der Waals surface area contributed by atoms with Crippen LogP contribution in [0, 0.1) is 5.92 Å². The first-order chi connectivity index (χ1) is 8.11. The molecule has 0 radical (unpaired) electrons. The maximum atomic E-state index is 10.5. The second kappa shape index (κ2) is 7.31. The lowest BCUT2D eigenvalue weighted by atomic mass is 10.1. The molecule has 2 nitrogen and oxygen atoms in total. The number of rotatable bonds is 8. The summed E-state index contributed by atoms with van der Waals surface area (Å²) in [6.07, 6.45) is 12.5. The second-order valence-corrected chi connectivity index (χ2v) is 5.07. The predicted octanol–water partition coefficient (Wildman–Crippen LogP) is 4.32. The Hall–Kier alpha value is -1.05. The van der Waals surface area contributed by atoms with Gasteiger partial charge in [-0.3, -0.25) is 0 Å². The maximum Gasteiger partial charge on any atom is 0.330 e. The Morgan fingerprint density at radius 2 is 1.88 bits per heavy atom. The molecule has 1 fully saturated rings. The van der Waals surface area contributed by atoms with Crippen LogP contribution in [-0.2, 0) is 4.79 Å². The number of hydrogen-bond acceptors (Lipinski definition) is 1. The zero-order valence-electron chi connectivity index (χ0n) is 11.0. The highest BCUT2D eigenvalue weighted by atomic mass is 16.4. The first-order valence-electron chi connectivity index (χ1n) is 6.70. The Morgan fingerprint density at radius 3 is 2.41 bits per heavy atom. The van der Waals surface area contributed by atoms with Crippen LogP contribution < -0.4 is 0 Å². The SMILES string of the molecule is CC(=CCCCCCCC=C1CC1C)C(=O)O. The number of hydrogen-bond donors (Lipinski definition) is 1. The molecule has 96 valence electrons. The third-order valence-corrected chi connectivity index (χ3v) is 3.37. The molecule has 0 bridgehead atoms. The number of carbonyl (C=O) groups is 1. The van der Waals surface area contributed by atoms with Gasteiger partial charge in [0, 0.05) is 5.57 Å². The summed E-state index contributed by atoms with van der Waals surface area (Å²) in [4.78, 5) is 10.5. The van der Waals surface area contributed by atoms with E-state index in [0.717, 1.165) is 18.8 Å². The standard InChI is InChI=1S/C15H24O2/c1-12(15(16)17)9-7-5-3-4-6-8-10-14-11-13(14)2/h9-10,13H,3-8,11H2,1-2H3,(H,16,17). The van der Waals surface area contributed by atoms with E-state index in [-0.39, 0.29) is 0 Å². The number of carboxylic acids is 1. The number of allylic oxidation sites excluding steroid dienone is 3. The van der Waals surface area contributed by atoms with Gasteiger partial charge in [-0.15, -0.1) is 0 Å². The van der Waals surface area contributed by atoms with Gasteiger partial charge in [0.2, 0.25) is 0 Å². The van der Waals surface area contributed by atoms with Crippen LogP contribution in [0.25, 0.3) is 0 Å². The monoisotopic (exact) mass is 236 g/mol. The lowest BCUT2D eigenvalue weighted by Crippen LogP contribution is -1.95. The molecule has 1 unspecified atom stereocenters. The van der Waals surface area contributed by atoms with Gasteiger partial charge in [-0.05, 0) is 44.9 Å². The van der Waals surface area contributed by atoms with Crippen LogP contribution in [0.2, 0.25) is 0 Å². The lowest BCUT2D eigenvalue weighted by molar-refractivity contribution is -0.132. The molecule has 0 amide bonds. The van der Waals surface area contributed by atoms with E-state index in [1.54, 1.807) is 12.5 Å². The van der Waals surface area contributed by atoms with Crippen LogP contribution in [0.1, 0.15) is 58.8 Å². The minimum Gasteiger partial charge on any atom is -0.478 e. The molecule has 0 heterocycles. The summed E-state index contributed by atoms with van der Waals surface area (Å²) < 4.78 is 0. The summed E-state index contributed by atoms with van der Waals surface area (Å²) in [5.74, 6) is 0.0642. The molecule has 0 spiro atoms. The Kier molecular flexibility index (Phi) is 6.03. The van der Waals surface area contributed by atoms with Crippen molar-refractivity contribution < 1.29 is 9.90 Å². The Morgan fingerprint density at radius 1 is 1.29 bits per heavy atom. The van der Waals surface area contributed by atoms with Gasteiger partial charge in [0.15, 0.2) is 0 Å². The second-order valence-electron chi connectivity index (χ2n) is 5.07. The van der Waals surface area contributed by atoms with Crippen molar-refractivity contribution in [1.29, 1.82) is 0 Å². The van der Waals surface area contributed by atoms with Crippen molar-refractivity contribution in [2.75, 3.05) is 0 Å². The topological polar surface area (TPSA) is 37.3 Å². The fourth-order valence-electron chi connectivity index (χ4n) is 1.91. The molecule has 0 saturated heterocycles. The summed E-state index contributed by atoms with van der Waals surface area (Å²) in [5, 5.41) is 8.66. The Bertz CT molecular complexity index is 313. The highest BCUT2D eigenvalue weighted by Gasteiger charge is 2.22. The first-order valence-corrected chi connectivity index (χ1v) is 6.70. The van der Waals surface area contributed by atoms with Crippen LogP contribution >= 0.6 is 0 Å². The van der Waals surface area contributed by atoms with E-state index in [1.807, 2.05) is 6.08 Å². The third kappa shape index (κ3) is 6.30. The van der Waals surface area contributed by atoms with Crippen molar-refractivity contribution in [3.8, 4) is 0 Å². The van der Waals surface area contributed by atoms with Gasteiger partial charge in [0.1, 0.15) is 0 Å². The van der Waals surface area contributed by atoms with Crippen molar-refractivity contribution in [3.05, 3.63) is 23.3 Å². The highest BCUT2D eigenvalue weighted by Crippen LogP contribution is 2.37. The van der Waals surface area contributed by atoms with Crippen LogP contribution in [-0.4, -0.2) is 11.1 Å². The molecule has 1 N–H and O–H groups in total. The van der Waals surface area contributed by atoms with E-state index < -0.39 is 5.97 Å². The summed E-state index contributed by atoms with van der Waals surface area (Å²) in [5.41, 5.74) is 2.11. The van der Waals surface area contributed by atoms with Crippen molar-refractivity contribution in [3.63, 3.8) is 0 Å². The fourth-order valence-corrected chi connectivity index (χ4v) is 1.91. The van der Waals surface area contributed by atoms with Gasteiger partial charge in [-0.1, -0.05) is 37.5 Å². The van der Waals surface area contributed by atoms with Crippen molar-refractivity contribution >= 4 is 5.97 Å². The molecule has 0 aromatic rings. The van der Waals surface area contributed by atoms with E-state index >= 15 is 0 Å². The van der Waals surface area contributed by atoms with Crippen molar-refractivity contribution in [2.45, 2.75) is 58.8 Å². The molecule has 0 aromatic carbocycles. The van der Waals surface area contributed by atoms with E-state index in [9.17, 15) is 4.79 Å². The lowest BCUT2D eigenvalue weighted by Gasteiger charge is -1.98. The van der Waals surface area contributed by atoms with Gasteiger partial charge >= 0.3 is 5.97 Å². The van der Waals surface area contributed by atoms with Crippen LogP contribution in [0.5, 0.6) is 0 Å². The van der Waals surface area contributed by atoms with E-state index in [1.165, 1.54) is 32.1 Å². The Labute approximate surface area is 104 Å². The van der Waals surface area contributed by atoms with Gasteiger partial charge in [-0.2, -0.15) is 0 Å². The molecule has 2 heteroatoms. The summed E-state index contributed by atoms with van der Waals surface area (Å²) >= 11 is 0. The van der Waals surface area contributed by atoms with Crippen molar-refractivity contribution in [2.24, 2.45) is 5.92 Å². The van der Waals surface area contributed by atoms with Gasteiger partial charge < -0.3 is 5.11 Å². The molecule has 1 aliphatic rings. The minimum atomic E-state index is -0.796. The smallest absolute Gasteiger partial charge is 0.330 e. The zero-order chi connectivity index (χ0) is 12.7. The van der Waals surface area contributed by atoms with Crippen LogP contribution in [0.3, 0.4) is 0 Å². The summed E-state index contributed by atoms with van der Waals surface area (Å²) in [6.45, 7) is 3.94. The van der Waals surface area contributed by atoms with Crippen LogP contribution in [0.15, 0.2) is 23.3 Å². The van der Waals surface area contributed by atoms with E-state index in [2.05, 4.69) is 13.0 Å². The zero-order valence-corrected chi connectivity index (χ0v) is 11.0. The number of unbranched alkanes of at least 4 members (excludes halogenated alkanes) is 5. The Balaban J connectivity index is 1.91. The van der Waals surface area contributed by atoms with Gasteiger partial charge in [0.25, 0.3) is 0 Å². The number of carboxylic acid groups (broad SMARTS) is 1. The fraction of sp³-hybridized carbons (Fsp3) is 0.667. The minimum absolute atomic E-state index is 0.470. The normalized spacial score (nSPS) is 21.9. The van der Waals surface area contributed by atoms with E-state index in [4.69, 9.17) is 5.11 Å². The van der Waals surface area contributed by atoms with Gasteiger partial charge in [-0.25, -0.2) is 4.79 Å². The molecule has 1 atom stereocenters. The molecule has 0 aromatic heterocycles. The highest BCUT2D eigenvalue weighted by molar-refractivity contribution is 5.85. The largest absolute Gasteiger partial charge is 0.478 e. The average molecular weight is 236 g/mol. The molecular weight excluding hydrogens is 212 g/mol. The molecule has 17 heavy (non-hydrogen) atoms. The summed E-state index contributed by atoms with van der Waals surface area (Å²) in [6, 6.07) is 0. The quantitative estimate of drug-likeness (QED) is 0.387. The van der Waals surface area contributed by atoms with Crippen LogP contribution in [0.4, 0.5) is 0 Å². The molecule has 1 saturated carbocycles. The third-order valence-electron chi connectivity index (χ3n) is 3.37. The average Bonchev–Trinajstić information content (AvgIpc) is 2.98. The number of aliphatic carboxylic acids is 1. The first kappa shape index (κ1) is 14.0. The van der Waals surface area contributed by atoms with Gasteiger partial charge in [0.05, 0.1) is 0 Å². The molecule has 1 aliphatic carbocycles. The maximum absolute atomic E-state index is 10.5. The summed E-state index contributed by atoms with van der Waals surface area (Å²) in [7, 11) is 0.